The van der Waals surface area contributed by atoms with Crippen LogP contribution in [0, 0.1) is 17.2 Å². The summed E-state index contributed by atoms with van der Waals surface area (Å²) in [5, 5.41) is 6.77. The van der Waals surface area contributed by atoms with Gasteiger partial charge >= 0.3 is 0 Å². The van der Waals surface area contributed by atoms with E-state index in [1.54, 1.807) is 24.7 Å². The number of rotatable bonds is 6. The Morgan fingerprint density at radius 2 is 2.14 bits per heavy atom. The molecule has 156 valence electrons. The molecule has 2 N–H and O–H groups in total. The van der Waals surface area contributed by atoms with Gasteiger partial charge in [-0.1, -0.05) is 13.8 Å². The summed E-state index contributed by atoms with van der Waals surface area (Å²) in [5.41, 5.74) is 1.13. The largest absolute Gasteiger partial charge is 0.451 e. The maximum atomic E-state index is 14.0. The second-order valence-corrected chi connectivity index (χ2v) is 8.60. The fraction of sp³-hybridized carbons (Fsp3) is 0.545. The molecule has 4 rings (SSSR count). The number of hydrogen-bond donors (Lipinski definition) is 2. The number of ether oxygens (including phenoxy) is 1. The van der Waals surface area contributed by atoms with E-state index in [1.165, 1.54) is 12.5 Å². The van der Waals surface area contributed by atoms with Gasteiger partial charge in [-0.2, -0.15) is 0 Å². The molecule has 7 heteroatoms. The van der Waals surface area contributed by atoms with Gasteiger partial charge in [0.15, 0.2) is 11.6 Å². The van der Waals surface area contributed by atoms with Crippen LogP contribution in [0.25, 0.3) is 0 Å². The molecule has 0 amide bonds. The van der Waals surface area contributed by atoms with Gasteiger partial charge in [0, 0.05) is 36.7 Å². The number of benzene rings is 1. The molecule has 29 heavy (non-hydrogen) atoms. The summed E-state index contributed by atoms with van der Waals surface area (Å²) in [6, 6.07) is 4.66. The van der Waals surface area contributed by atoms with Crippen molar-refractivity contribution in [1.82, 2.24) is 20.6 Å². The second-order valence-electron chi connectivity index (χ2n) is 8.60. The van der Waals surface area contributed by atoms with Crippen LogP contribution >= 0.6 is 0 Å². The van der Waals surface area contributed by atoms with Crippen LogP contribution < -0.4 is 20.3 Å². The Labute approximate surface area is 171 Å². The Kier molecular flexibility index (Phi) is 5.69. The molecule has 2 saturated heterocycles. The molecule has 0 radical (unpaired) electrons. The Bertz CT molecular complexity index is 853. The Morgan fingerprint density at radius 1 is 1.28 bits per heavy atom. The smallest absolute Gasteiger partial charge is 0.188 e. The van der Waals surface area contributed by atoms with Gasteiger partial charge in [0.05, 0.1) is 6.20 Å². The number of halogens is 1. The fourth-order valence-electron chi connectivity index (χ4n) is 4.70. The highest BCUT2D eigenvalue weighted by atomic mass is 19.1. The van der Waals surface area contributed by atoms with Crippen LogP contribution in [0.4, 0.5) is 10.2 Å². The fourth-order valence-corrected chi connectivity index (χ4v) is 4.70. The SMILES string of the molecule is CNC(c1cc(F)ccc1Oc1cncnc1N1CCC2(CCNC2)C1)C(C)C. The first-order chi connectivity index (χ1) is 14.0. The van der Waals surface area contributed by atoms with Crippen molar-refractivity contribution in [3.63, 3.8) is 0 Å². The van der Waals surface area contributed by atoms with Gasteiger partial charge in [-0.05, 0) is 50.6 Å². The summed E-state index contributed by atoms with van der Waals surface area (Å²) >= 11 is 0. The van der Waals surface area contributed by atoms with Crippen LogP contribution in [0.3, 0.4) is 0 Å². The zero-order valence-corrected chi connectivity index (χ0v) is 17.4. The minimum Gasteiger partial charge on any atom is -0.451 e. The summed E-state index contributed by atoms with van der Waals surface area (Å²) in [5.74, 6) is 2.07. The summed E-state index contributed by atoms with van der Waals surface area (Å²) in [6.07, 6.45) is 5.62. The second kappa shape index (κ2) is 8.24. The van der Waals surface area contributed by atoms with Crippen LogP contribution in [0.15, 0.2) is 30.7 Å². The molecule has 3 heterocycles. The van der Waals surface area contributed by atoms with Crippen molar-refractivity contribution in [2.24, 2.45) is 11.3 Å². The summed E-state index contributed by atoms with van der Waals surface area (Å²) < 4.78 is 20.3. The zero-order valence-electron chi connectivity index (χ0n) is 17.4. The van der Waals surface area contributed by atoms with Crippen molar-refractivity contribution in [3.05, 3.63) is 42.1 Å². The zero-order chi connectivity index (χ0) is 20.4. The molecule has 6 nitrogen and oxygen atoms in total. The van der Waals surface area contributed by atoms with E-state index in [0.29, 0.717) is 16.9 Å². The molecule has 2 aromatic rings. The molecule has 2 unspecified atom stereocenters. The summed E-state index contributed by atoms with van der Waals surface area (Å²) in [4.78, 5) is 11.0. The third kappa shape index (κ3) is 4.07. The highest BCUT2D eigenvalue weighted by Crippen LogP contribution is 2.41. The molecule has 0 bridgehead atoms. The molecule has 1 spiro atoms. The molecule has 2 aliphatic rings. The third-order valence-corrected chi connectivity index (χ3v) is 6.23. The van der Waals surface area contributed by atoms with Gasteiger partial charge in [-0.3, -0.25) is 0 Å². The molecule has 2 atom stereocenters. The number of nitrogens with zero attached hydrogens (tertiary/aromatic N) is 3. The summed E-state index contributed by atoms with van der Waals surface area (Å²) in [7, 11) is 1.88. The number of nitrogens with one attached hydrogen (secondary N) is 2. The first-order valence-corrected chi connectivity index (χ1v) is 10.4. The Hall–Kier alpha value is -2.25. The van der Waals surface area contributed by atoms with Gasteiger partial charge in [-0.15, -0.1) is 0 Å². The lowest BCUT2D eigenvalue weighted by Crippen LogP contribution is -2.29. The van der Waals surface area contributed by atoms with Crippen molar-refractivity contribution < 1.29 is 9.13 Å². The average molecular weight is 400 g/mol. The van der Waals surface area contributed by atoms with E-state index in [0.717, 1.165) is 44.0 Å². The maximum Gasteiger partial charge on any atom is 0.188 e. The molecule has 1 aromatic carbocycles. The van der Waals surface area contributed by atoms with E-state index in [1.807, 2.05) is 7.05 Å². The van der Waals surface area contributed by atoms with Gasteiger partial charge in [0.25, 0.3) is 0 Å². The van der Waals surface area contributed by atoms with Gasteiger partial charge in [0.2, 0.25) is 0 Å². The number of anilines is 1. The average Bonchev–Trinajstić information content (AvgIpc) is 3.34. The van der Waals surface area contributed by atoms with E-state index in [4.69, 9.17) is 4.74 Å². The predicted octanol–water partition coefficient (Wildman–Crippen LogP) is 3.51. The van der Waals surface area contributed by atoms with Crippen LogP contribution in [0.1, 0.15) is 38.3 Å². The topological polar surface area (TPSA) is 62.3 Å². The molecule has 1 aromatic heterocycles. The van der Waals surface area contributed by atoms with Crippen molar-refractivity contribution >= 4 is 5.82 Å². The number of hydrogen-bond acceptors (Lipinski definition) is 6. The lowest BCUT2D eigenvalue weighted by Gasteiger charge is -2.26. The van der Waals surface area contributed by atoms with E-state index in [2.05, 4.69) is 39.3 Å². The van der Waals surface area contributed by atoms with Crippen molar-refractivity contribution in [2.75, 3.05) is 38.1 Å². The van der Waals surface area contributed by atoms with E-state index < -0.39 is 0 Å². The highest BCUT2D eigenvalue weighted by molar-refractivity contribution is 5.54. The normalized spacial score (nSPS) is 22.6. The Morgan fingerprint density at radius 3 is 2.86 bits per heavy atom. The van der Waals surface area contributed by atoms with Crippen LogP contribution in [0.2, 0.25) is 0 Å². The molecular weight excluding hydrogens is 369 g/mol. The molecule has 0 saturated carbocycles. The van der Waals surface area contributed by atoms with E-state index in [-0.39, 0.29) is 17.8 Å². The Balaban J connectivity index is 1.63. The van der Waals surface area contributed by atoms with Gasteiger partial charge in [0.1, 0.15) is 17.9 Å². The predicted molar refractivity (Wildman–Crippen MR) is 112 cm³/mol. The first-order valence-electron chi connectivity index (χ1n) is 10.4. The number of aromatic nitrogens is 2. The highest BCUT2D eigenvalue weighted by Gasteiger charge is 2.41. The molecule has 0 aliphatic carbocycles. The van der Waals surface area contributed by atoms with Crippen molar-refractivity contribution in [3.8, 4) is 11.5 Å². The van der Waals surface area contributed by atoms with Gasteiger partial charge in [-0.25, -0.2) is 14.4 Å². The van der Waals surface area contributed by atoms with Crippen LogP contribution in [-0.4, -0.2) is 43.2 Å². The monoisotopic (exact) mass is 399 g/mol. The lowest BCUT2D eigenvalue weighted by atomic mass is 9.87. The third-order valence-electron chi connectivity index (χ3n) is 6.23. The van der Waals surface area contributed by atoms with Crippen molar-refractivity contribution in [2.45, 2.75) is 32.7 Å². The van der Waals surface area contributed by atoms with Crippen molar-refractivity contribution in [1.29, 1.82) is 0 Å². The quantitative estimate of drug-likeness (QED) is 0.775. The maximum absolute atomic E-state index is 14.0. The molecular formula is C22H30FN5O. The van der Waals surface area contributed by atoms with E-state index >= 15 is 0 Å². The minimum atomic E-state index is -0.270. The summed E-state index contributed by atoms with van der Waals surface area (Å²) in [6.45, 7) is 8.27. The standard InChI is InChI=1S/C22H30FN5O/c1-15(2)20(24-3)17-10-16(23)4-5-18(17)29-19-11-26-14-27-21(19)28-9-7-22(13-28)6-8-25-12-22/h4-5,10-11,14-15,20,24-25H,6-9,12-13H2,1-3H3. The minimum absolute atomic E-state index is 0.0200. The van der Waals surface area contributed by atoms with Gasteiger partial charge < -0.3 is 20.3 Å². The molecule has 2 aliphatic heterocycles. The van der Waals surface area contributed by atoms with E-state index in [9.17, 15) is 4.39 Å². The lowest BCUT2D eigenvalue weighted by molar-refractivity contribution is 0.368. The van der Waals surface area contributed by atoms with Crippen LogP contribution in [0.5, 0.6) is 11.5 Å². The first kappa shape index (κ1) is 20.0. The van der Waals surface area contributed by atoms with Crippen LogP contribution in [-0.2, 0) is 0 Å². The molecule has 2 fully saturated rings.